The smallest absolute Gasteiger partial charge is 0.0391 e. The first kappa shape index (κ1) is 5.34. The SMILES string of the molecule is C1CC2CC2C2CC3C(=N1)C32. The molecule has 4 rings (SSSR count). The maximum atomic E-state index is 4.67. The molecule has 3 fully saturated rings. The summed E-state index contributed by atoms with van der Waals surface area (Å²) in [5.74, 6) is 5.39. The van der Waals surface area contributed by atoms with Crippen molar-refractivity contribution >= 4 is 5.71 Å². The lowest BCUT2D eigenvalue weighted by Crippen LogP contribution is -2.18. The normalized spacial score (nSPS) is 62.5. The molecule has 3 aliphatic carbocycles. The fourth-order valence-electron chi connectivity index (χ4n) is 3.50. The first-order valence-corrected chi connectivity index (χ1v) is 4.99. The second kappa shape index (κ2) is 1.41. The minimum absolute atomic E-state index is 0.999. The van der Waals surface area contributed by atoms with E-state index in [1.807, 2.05) is 0 Å². The fraction of sp³-hybridized carbons (Fsp3) is 0.900. The van der Waals surface area contributed by atoms with E-state index in [-0.39, 0.29) is 0 Å². The van der Waals surface area contributed by atoms with Gasteiger partial charge in [-0.1, -0.05) is 0 Å². The largest absolute Gasteiger partial charge is 0.293 e. The van der Waals surface area contributed by atoms with E-state index in [2.05, 4.69) is 4.99 Å². The van der Waals surface area contributed by atoms with Gasteiger partial charge in [0.2, 0.25) is 0 Å². The summed E-state index contributed by atoms with van der Waals surface area (Å²) in [5.41, 5.74) is 1.63. The average Bonchev–Trinajstić information content (AvgIpc) is 2.75. The Morgan fingerprint density at radius 2 is 2.18 bits per heavy atom. The van der Waals surface area contributed by atoms with Crippen LogP contribution < -0.4 is 0 Å². The molecule has 5 unspecified atom stereocenters. The lowest BCUT2D eigenvalue weighted by molar-refractivity contribution is 0.241. The first-order valence-electron chi connectivity index (χ1n) is 4.99. The summed E-state index contributed by atoms with van der Waals surface area (Å²) >= 11 is 0. The van der Waals surface area contributed by atoms with Crippen LogP contribution in [-0.2, 0) is 0 Å². The predicted octanol–water partition coefficient (Wildman–Crippen LogP) is 1.73. The van der Waals surface area contributed by atoms with E-state index >= 15 is 0 Å². The lowest BCUT2D eigenvalue weighted by Gasteiger charge is -2.23. The van der Waals surface area contributed by atoms with Crippen LogP contribution >= 0.6 is 0 Å². The second-order valence-electron chi connectivity index (χ2n) is 4.79. The molecule has 1 heterocycles. The van der Waals surface area contributed by atoms with Crippen molar-refractivity contribution in [1.29, 1.82) is 0 Å². The monoisotopic (exact) mass is 147 g/mol. The van der Waals surface area contributed by atoms with Gasteiger partial charge in [0, 0.05) is 24.1 Å². The van der Waals surface area contributed by atoms with Gasteiger partial charge in [0.25, 0.3) is 0 Å². The molecule has 0 aromatic carbocycles. The van der Waals surface area contributed by atoms with Gasteiger partial charge in [-0.15, -0.1) is 0 Å². The molecule has 1 nitrogen and oxygen atoms in total. The van der Waals surface area contributed by atoms with Crippen LogP contribution in [0.1, 0.15) is 19.3 Å². The highest BCUT2D eigenvalue weighted by molar-refractivity contribution is 6.06. The van der Waals surface area contributed by atoms with Crippen LogP contribution in [0.3, 0.4) is 0 Å². The van der Waals surface area contributed by atoms with Crippen molar-refractivity contribution in [1.82, 2.24) is 0 Å². The lowest BCUT2D eigenvalue weighted by atomic mass is 9.80. The Labute approximate surface area is 66.9 Å². The van der Waals surface area contributed by atoms with Crippen molar-refractivity contribution in [2.75, 3.05) is 6.54 Å². The van der Waals surface area contributed by atoms with Crippen LogP contribution in [0.15, 0.2) is 4.99 Å². The fourth-order valence-corrected chi connectivity index (χ4v) is 3.50. The third kappa shape index (κ3) is 0.502. The van der Waals surface area contributed by atoms with Crippen LogP contribution in [0.25, 0.3) is 0 Å². The van der Waals surface area contributed by atoms with Crippen molar-refractivity contribution in [3.63, 3.8) is 0 Å². The molecule has 0 saturated heterocycles. The summed E-state index contributed by atoms with van der Waals surface area (Å²) in [7, 11) is 0. The van der Waals surface area contributed by atoms with Gasteiger partial charge < -0.3 is 0 Å². The van der Waals surface area contributed by atoms with Crippen molar-refractivity contribution in [2.45, 2.75) is 19.3 Å². The molecule has 0 aromatic heterocycles. The summed E-state index contributed by atoms with van der Waals surface area (Å²) in [4.78, 5) is 4.67. The van der Waals surface area contributed by atoms with Gasteiger partial charge in [-0.2, -0.15) is 0 Å². The van der Waals surface area contributed by atoms with Gasteiger partial charge >= 0.3 is 0 Å². The molecule has 0 amide bonds. The molecule has 4 aliphatic rings. The molecule has 0 N–H and O–H groups in total. The molecule has 3 saturated carbocycles. The third-order valence-electron chi connectivity index (χ3n) is 4.35. The van der Waals surface area contributed by atoms with E-state index in [0.717, 1.165) is 36.1 Å². The highest BCUT2D eigenvalue weighted by atomic mass is 14.9. The Hall–Kier alpha value is -0.330. The molecule has 0 bridgehead atoms. The highest BCUT2D eigenvalue weighted by Gasteiger charge is 2.66. The van der Waals surface area contributed by atoms with E-state index in [4.69, 9.17) is 0 Å². The molecule has 0 radical (unpaired) electrons. The number of rotatable bonds is 0. The Morgan fingerprint density at radius 3 is 3.18 bits per heavy atom. The minimum Gasteiger partial charge on any atom is -0.293 e. The summed E-state index contributed by atoms with van der Waals surface area (Å²) < 4.78 is 0. The maximum absolute atomic E-state index is 4.67. The summed E-state index contributed by atoms with van der Waals surface area (Å²) in [6, 6.07) is 0. The van der Waals surface area contributed by atoms with E-state index in [9.17, 15) is 0 Å². The van der Waals surface area contributed by atoms with Crippen LogP contribution in [-0.4, -0.2) is 12.3 Å². The van der Waals surface area contributed by atoms with Crippen LogP contribution in [0.5, 0.6) is 0 Å². The zero-order valence-electron chi connectivity index (χ0n) is 6.66. The van der Waals surface area contributed by atoms with Crippen molar-refractivity contribution in [3.05, 3.63) is 0 Å². The van der Waals surface area contributed by atoms with E-state index in [0.29, 0.717) is 0 Å². The molecule has 1 heteroatoms. The second-order valence-corrected chi connectivity index (χ2v) is 4.79. The zero-order valence-corrected chi connectivity index (χ0v) is 6.66. The summed E-state index contributed by atoms with van der Waals surface area (Å²) in [6.45, 7) is 1.16. The number of nitrogens with zero attached hydrogens (tertiary/aromatic N) is 1. The Bertz CT molecular complexity index is 256. The van der Waals surface area contributed by atoms with E-state index in [1.54, 1.807) is 12.1 Å². The van der Waals surface area contributed by atoms with Gasteiger partial charge in [0.05, 0.1) is 0 Å². The average molecular weight is 147 g/mol. The van der Waals surface area contributed by atoms with Gasteiger partial charge in [-0.05, 0) is 37.0 Å². The molecule has 0 spiro atoms. The van der Waals surface area contributed by atoms with Crippen LogP contribution in [0.4, 0.5) is 0 Å². The molecule has 0 aromatic rings. The number of aliphatic imine (C=N–C) groups is 1. The Balaban J connectivity index is 1.75. The number of fused-ring (bicyclic) bond motifs is 3. The zero-order chi connectivity index (χ0) is 7.00. The molecule has 11 heavy (non-hydrogen) atoms. The quantitative estimate of drug-likeness (QED) is 0.495. The van der Waals surface area contributed by atoms with Crippen molar-refractivity contribution in [3.8, 4) is 0 Å². The Morgan fingerprint density at radius 1 is 1.18 bits per heavy atom. The van der Waals surface area contributed by atoms with Gasteiger partial charge in [0.15, 0.2) is 0 Å². The molecular formula is C10H13N. The van der Waals surface area contributed by atoms with Gasteiger partial charge in [-0.25, -0.2) is 0 Å². The molecular weight excluding hydrogens is 134 g/mol. The standard InChI is InChI=1S/C10H13N/c1-2-11-10-8-4-7(9(8)10)6-3-5(1)6/h5-9H,1-4H2. The molecule has 1 aliphatic heterocycles. The van der Waals surface area contributed by atoms with Crippen LogP contribution in [0, 0.1) is 29.6 Å². The summed E-state index contributed by atoms with van der Waals surface area (Å²) in [5, 5.41) is 0. The van der Waals surface area contributed by atoms with Gasteiger partial charge in [-0.3, -0.25) is 4.99 Å². The minimum atomic E-state index is 0.999. The molecule has 5 atom stereocenters. The number of hydrogen-bond acceptors (Lipinski definition) is 1. The van der Waals surface area contributed by atoms with Crippen molar-refractivity contribution in [2.24, 2.45) is 34.6 Å². The molecule has 58 valence electrons. The third-order valence-corrected chi connectivity index (χ3v) is 4.35. The van der Waals surface area contributed by atoms with Crippen LogP contribution in [0.2, 0.25) is 0 Å². The predicted molar refractivity (Wildman–Crippen MR) is 43.6 cm³/mol. The first-order chi connectivity index (χ1) is 5.45. The topological polar surface area (TPSA) is 12.4 Å². The van der Waals surface area contributed by atoms with E-state index in [1.165, 1.54) is 12.8 Å². The van der Waals surface area contributed by atoms with E-state index < -0.39 is 0 Å². The maximum Gasteiger partial charge on any atom is 0.0391 e. The summed E-state index contributed by atoms with van der Waals surface area (Å²) in [6.07, 6.45) is 4.48. The Kier molecular flexibility index (Phi) is 0.687. The van der Waals surface area contributed by atoms with Gasteiger partial charge in [0.1, 0.15) is 0 Å². The highest BCUT2D eigenvalue weighted by Crippen LogP contribution is 2.67. The number of hydrogen-bond donors (Lipinski definition) is 0. The van der Waals surface area contributed by atoms with Crippen molar-refractivity contribution < 1.29 is 0 Å².